The first-order valence-electron chi connectivity index (χ1n) is 8.77. The minimum Gasteiger partial charge on any atom is -0.487 e. The molecule has 11 nitrogen and oxygen atoms in total. The topological polar surface area (TPSA) is 146 Å². The predicted molar refractivity (Wildman–Crippen MR) is 117 cm³/mol. The fourth-order valence-corrected chi connectivity index (χ4v) is 4.19. The number of amides is 1. The van der Waals surface area contributed by atoms with Crippen molar-refractivity contribution in [1.82, 2.24) is 30.7 Å². The van der Waals surface area contributed by atoms with Crippen LogP contribution in [0.15, 0.2) is 50.3 Å². The normalized spacial score (nSPS) is 11.2. The molecule has 3 heterocycles. The first kappa shape index (κ1) is 20.6. The number of hydrogen-bond acceptors (Lipinski definition) is 11. The van der Waals surface area contributed by atoms with Gasteiger partial charge in [0.25, 0.3) is 5.91 Å². The van der Waals surface area contributed by atoms with Crippen molar-refractivity contribution in [2.24, 2.45) is 5.10 Å². The molecular weight excluding hydrogens is 440 g/mol. The van der Waals surface area contributed by atoms with E-state index in [0.717, 1.165) is 9.77 Å². The van der Waals surface area contributed by atoms with Crippen LogP contribution in [0.5, 0.6) is 5.06 Å². The Morgan fingerprint density at radius 2 is 2.16 bits per heavy atom. The molecule has 0 saturated carbocycles. The van der Waals surface area contributed by atoms with Crippen molar-refractivity contribution in [2.75, 3.05) is 19.1 Å². The first-order chi connectivity index (χ1) is 15.1. The molecule has 158 valence electrons. The van der Waals surface area contributed by atoms with E-state index in [1.807, 2.05) is 30.5 Å². The lowest BCUT2D eigenvalue weighted by Crippen LogP contribution is -2.19. The highest BCUT2D eigenvalue weighted by atomic mass is 32.2. The summed E-state index contributed by atoms with van der Waals surface area (Å²) < 4.78 is 12.4. The molecule has 4 rings (SSSR count). The van der Waals surface area contributed by atoms with Crippen LogP contribution in [0.4, 0.5) is 5.82 Å². The quantitative estimate of drug-likeness (QED) is 0.243. The third kappa shape index (κ3) is 4.13. The van der Waals surface area contributed by atoms with Crippen LogP contribution >= 0.6 is 23.1 Å². The van der Waals surface area contributed by atoms with Crippen molar-refractivity contribution in [2.45, 2.75) is 4.21 Å². The highest BCUT2D eigenvalue weighted by molar-refractivity contribution is 8.00. The van der Waals surface area contributed by atoms with E-state index < -0.39 is 5.91 Å². The van der Waals surface area contributed by atoms with E-state index in [2.05, 4.69) is 35.8 Å². The van der Waals surface area contributed by atoms with Crippen LogP contribution in [0.1, 0.15) is 16.1 Å². The van der Waals surface area contributed by atoms with Gasteiger partial charge in [-0.25, -0.2) is 10.1 Å². The number of benzene rings is 1. The SMILES string of the molecule is COc1sc(SC)cc1C=NNC(=O)c1nnn(-c2nonc2N)c1-c1ccccc1. The van der Waals surface area contributed by atoms with Gasteiger partial charge in [-0.1, -0.05) is 46.9 Å². The Bertz CT molecular complexity index is 1230. The van der Waals surface area contributed by atoms with Gasteiger partial charge in [0.2, 0.25) is 11.6 Å². The fraction of sp³-hybridized carbons (Fsp3) is 0.111. The van der Waals surface area contributed by atoms with Gasteiger partial charge in [0, 0.05) is 11.1 Å². The van der Waals surface area contributed by atoms with Crippen molar-refractivity contribution in [3.05, 3.63) is 47.7 Å². The molecule has 3 aromatic heterocycles. The number of hydrazone groups is 1. The minimum atomic E-state index is -0.560. The third-order valence-electron chi connectivity index (χ3n) is 4.09. The summed E-state index contributed by atoms with van der Waals surface area (Å²) in [6.07, 6.45) is 3.48. The van der Waals surface area contributed by atoms with Gasteiger partial charge in [0.05, 0.1) is 17.5 Å². The average molecular weight is 457 g/mol. The van der Waals surface area contributed by atoms with E-state index in [1.165, 1.54) is 22.2 Å². The zero-order valence-corrected chi connectivity index (χ0v) is 18.0. The summed E-state index contributed by atoms with van der Waals surface area (Å²) in [5, 5.41) is 20.1. The monoisotopic (exact) mass is 456 g/mol. The maximum atomic E-state index is 12.8. The number of nitrogens with zero attached hydrogens (tertiary/aromatic N) is 6. The number of methoxy groups -OCH3 is 1. The maximum Gasteiger partial charge on any atom is 0.294 e. The Labute approximate surface area is 184 Å². The Balaban J connectivity index is 1.65. The van der Waals surface area contributed by atoms with Crippen molar-refractivity contribution in [3.63, 3.8) is 0 Å². The molecule has 0 atom stereocenters. The number of nitrogens with one attached hydrogen (secondary N) is 1. The van der Waals surface area contributed by atoms with E-state index in [9.17, 15) is 4.79 Å². The second-order valence-corrected chi connectivity index (χ2v) is 8.07. The summed E-state index contributed by atoms with van der Waals surface area (Å²) in [6, 6.07) is 11.0. The van der Waals surface area contributed by atoms with Gasteiger partial charge in [0.1, 0.15) is 5.69 Å². The molecule has 0 aliphatic carbocycles. The van der Waals surface area contributed by atoms with Crippen molar-refractivity contribution < 1.29 is 14.2 Å². The summed E-state index contributed by atoms with van der Waals surface area (Å²) >= 11 is 3.09. The number of hydrogen-bond donors (Lipinski definition) is 2. The van der Waals surface area contributed by atoms with Crippen molar-refractivity contribution in [3.8, 4) is 22.1 Å². The number of nitrogen functional groups attached to an aromatic ring is 1. The number of aromatic nitrogens is 5. The zero-order valence-electron chi connectivity index (χ0n) is 16.3. The lowest BCUT2D eigenvalue weighted by atomic mass is 10.1. The minimum absolute atomic E-state index is 0.0150. The number of nitrogens with two attached hydrogens (primary N) is 1. The van der Waals surface area contributed by atoms with E-state index in [-0.39, 0.29) is 17.3 Å². The molecule has 3 N–H and O–H groups in total. The molecule has 0 bridgehead atoms. The van der Waals surface area contributed by atoms with Crippen molar-refractivity contribution in [1.29, 1.82) is 0 Å². The van der Waals surface area contributed by atoms with E-state index in [4.69, 9.17) is 10.5 Å². The molecule has 0 radical (unpaired) electrons. The second-order valence-electron chi connectivity index (χ2n) is 5.95. The molecule has 0 aliphatic heterocycles. The standard InChI is InChI=1S/C18H16N8O3S2/c1-28-18-11(8-12(30-2)31-18)9-20-22-17(27)13-14(10-6-4-3-5-7-10)26(25-21-13)16-15(19)23-29-24-16/h3-9H,1-2H3,(H2,19,23)(H,22,27). The van der Waals surface area contributed by atoms with Gasteiger partial charge in [-0.2, -0.15) is 9.78 Å². The summed E-state index contributed by atoms with van der Waals surface area (Å²) in [5.74, 6) is -0.418. The van der Waals surface area contributed by atoms with Crippen LogP contribution in [0.2, 0.25) is 0 Å². The van der Waals surface area contributed by atoms with Crippen LogP contribution in [0.25, 0.3) is 17.1 Å². The predicted octanol–water partition coefficient (Wildman–Crippen LogP) is 2.46. The molecular formula is C18H16N8O3S2. The molecule has 0 aliphatic rings. The summed E-state index contributed by atoms with van der Waals surface area (Å²) in [6.45, 7) is 0. The highest BCUT2D eigenvalue weighted by Crippen LogP contribution is 2.34. The van der Waals surface area contributed by atoms with Crippen LogP contribution < -0.4 is 15.9 Å². The third-order valence-corrected chi connectivity index (χ3v) is 6.26. The molecule has 0 saturated heterocycles. The molecule has 4 aromatic rings. The number of carbonyl (C=O) groups is 1. The Morgan fingerprint density at radius 3 is 2.84 bits per heavy atom. The Kier molecular flexibility index (Phi) is 5.95. The largest absolute Gasteiger partial charge is 0.487 e. The summed E-state index contributed by atoms with van der Waals surface area (Å²) in [5.41, 5.74) is 10.1. The van der Waals surface area contributed by atoms with Crippen LogP contribution in [0, 0.1) is 0 Å². The van der Waals surface area contributed by atoms with Gasteiger partial charge in [0.15, 0.2) is 10.8 Å². The Morgan fingerprint density at radius 1 is 1.35 bits per heavy atom. The van der Waals surface area contributed by atoms with E-state index >= 15 is 0 Å². The molecule has 31 heavy (non-hydrogen) atoms. The van der Waals surface area contributed by atoms with E-state index in [1.54, 1.807) is 31.0 Å². The number of thioether (sulfide) groups is 1. The number of rotatable bonds is 7. The van der Waals surface area contributed by atoms with Gasteiger partial charge < -0.3 is 10.5 Å². The van der Waals surface area contributed by atoms with Crippen LogP contribution in [0.3, 0.4) is 0 Å². The molecule has 13 heteroatoms. The molecule has 0 spiro atoms. The van der Waals surface area contributed by atoms with E-state index in [0.29, 0.717) is 16.3 Å². The lowest BCUT2D eigenvalue weighted by Gasteiger charge is -2.05. The van der Waals surface area contributed by atoms with Gasteiger partial charge in [-0.05, 0) is 22.6 Å². The highest BCUT2D eigenvalue weighted by Gasteiger charge is 2.25. The van der Waals surface area contributed by atoms with Crippen LogP contribution in [-0.4, -0.2) is 50.8 Å². The molecule has 0 unspecified atom stereocenters. The average Bonchev–Trinajstić information content (AvgIpc) is 3.51. The van der Waals surface area contributed by atoms with Gasteiger partial charge >= 0.3 is 0 Å². The van der Waals surface area contributed by atoms with Gasteiger partial charge in [-0.3, -0.25) is 4.79 Å². The molecule has 1 aromatic carbocycles. The molecule has 1 amide bonds. The number of ether oxygens (including phenoxy) is 1. The second kappa shape index (κ2) is 8.97. The van der Waals surface area contributed by atoms with Crippen LogP contribution in [-0.2, 0) is 0 Å². The van der Waals surface area contributed by atoms with Crippen molar-refractivity contribution >= 4 is 41.0 Å². The number of carbonyl (C=O) groups excluding carboxylic acids is 1. The van der Waals surface area contributed by atoms with Gasteiger partial charge in [-0.15, -0.1) is 16.9 Å². The maximum absolute atomic E-state index is 12.8. The smallest absolute Gasteiger partial charge is 0.294 e. The summed E-state index contributed by atoms with van der Waals surface area (Å²) in [4.78, 5) is 12.8. The first-order valence-corrected chi connectivity index (χ1v) is 10.8. The fourth-order valence-electron chi connectivity index (χ4n) is 2.71. The zero-order chi connectivity index (χ0) is 21.8. The number of thiophene rings is 1. The Hall–Kier alpha value is -3.71. The summed E-state index contributed by atoms with van der Waals surface area (Å²) in [7, 11) is 1.58. The molecule has 0 fully saturated rings. The number of anilines is 1. The lowest BCUT2D eigenvalue weighted by molar-refractivity contribution is 0.0950.